The zero-order chi connectivity index (χ0) is 17.2. The number of carbonyl (C=O) groups excluding carboxylic acids is 1. The number of fused-ring (bicyclic) bond motifs is 1. The molecule has 0 spiro atoms. The van der Waals surface area contributed by atoms with Gasteiger partial charge in [-0.1, -0.05) is 60.1 Å². The van der Waals surface area contributed by atoms with Gasteiger partial charge in [0.2, 0.25) is 0 Å². The Hall–Kier alpha value is -1.73. The highest BCUT2D eigenvalue weighted by Crippen LogP contribution is 2.30. The first kappa shape index (κ1) is 16.7. The van der Waals surface area contributed by atoms with Gasteiger partial charge in [0.25, 0.3) is 0 Å². The van der Waals surface area contributed by atoms with E-state index in [9.17, 15) is 4.79 Å². The molecule has 4 rings (SSSR count). The highest BCUT2D eigenvalue weighted by Gasteiger charge is 2.43. The van der Waals surface area contributed by atoms with Crippen LogP contribution in [0.2, 0.25) is 5.02 Å². The largest absolute Gasteiger partial charge is 0.335 e. The predicted octanol–water partition coefficient (Wildman–Crippen LogP) is 3.10. The number of amides is 2. The molecule has 2 aliphatic heterocycles. The van der Waals surface area contributed by atoms with Crippen molar-refractivity contribution >= 4 is 29.4 Å². The van der Waals surface area contributed by atoms with Crippen LogP contribution in [0.1, 0.15) is 17.0 Å². The lowest BCUT2D eigenvalue weighted by molar-refractivity contribution is 0.128. The minimum atomic E-state index is -0.156. The molecule has 5 nitrogen and oxygen atoms in total. The van der Waals surface area contributed by atoms with Crippen molar-refractivity contribution in [2.75, 3.05) is 6.54 Å². The Bertz CT molecular complexity index is 760. The Morgan fingerprint density at radius 3 is 2.68 bits per heavy atom. The Morgan fingerprint density at radius 2 is 1.88 bits per heavy atom. The van der Waals surface area contributed by atoms with E-state index in [2.05, 4.69) is 28.2 Å². The standard InChI is InChI=1S/C18H19ClN4OS/c19-15-9-5-4-8-13(15)11-25-17-21-16-14(12-6-2-1-3-7-12)10-20-23(16)18(24)22-17/h1-9,14,16-17,20-21H,10-11H2,(H,22,24). The second-order valence-corrected chi connectivity index (χ2v) is 7.59. The van der Waals surface area contributed by atoms with Crippen LogP contribution < -0.4 is 16.1 Å². The summed E-state index contributed by atoms with van der Waals surface area (Å²) in [6.07, 6.45) is -0.0695. The van der Waals surface area contributed by atoms with E-state index in [1.165, 1.54) is 5.56 Å². The van der Waals surface area contributed by atoms with Crippen LogP contribution in [0, 0.1) is 0 Å². The number of rotatable bonds is 4. The van der Waals surface area contributed by atoms with Crippen molar-refractivity contribution in [3.05, 3.63) is 70.7 Å². The molecule has 3 N–H and O–H groups in total. The minimum Gasteiger partial charge on any atom is -0.312 e. The molecule has 3 atom stereocenters. The van der Waals surface area contributed by atoms with Crippen LogP contribution in [0.3, 0.4) is 0 Å². The summed E-state index contributed by atoms with van der Waals surface area (Å²) in [5.41, 5.74) is 5.32. The maximum Gasteiger partial charge on any atom is 0.335 e. The van der Waals surface area contributed by atoms with Crippen LogP contribution in [0.25, 0.3) is 0 Å². The topological polar surface area (TPSA) is 56.4 Å². The molecule has 0 aromatic heterocycles. The van der Waals surface area contributed by atoms with Crippen LogP contribution in [0.5, 0.6) is 0 Å². The molecule has 2 heterocycles. The maximum atomic E-state index is 12.4. The summed E-state index contributed by atoms with van der Waals surface area (Å²) in [5, 5.41) is 8.93. The number of carbonyl (C=O) groups is 1. The van der Waals surface area contributed by atoms with Crippen molar-refractivity contribution in [3.8, 4) is 0 Å². The van der Waals surface area contributed by atoms with Gasteiger partial charge in [-0.3, -0.25) is 5.32 Å². The smallest absolute Gasteiger partial charge is 0.312 e. The van der Waals surface area contributed by atoms with E-state index in [0.717, 1.165) is 22.9 Å². The molecule has 3 unspecified atom stereocenters. The van der Waals surface area contributed by atoms with E-state index in [1.54, 1.807) is 16.8 Å². The number of nitrogens with zero attached hydrogens (tertiary/aromatic N) is 1. The predicted molar refractivity (Wildman–Crippen MR) is 101 cm³/mol. The summed E-state index contributed by atoms with van der Waals surface area (Å²) in [6.45, 7) is 0.733. The van der Waals surface area contributed by atoms with Crippen molar-refractivity contribution in [3.63, 3.8) is 0 Å². The van der Waals surface area contributed by atoms with Crippen molar-refractivity contribution in [2.24, 2.45) is 0 Å². The number of hydrogen-bond donors (Lipinski definition) is 3. The fourth-order valence-electron chi connectivity index (χ4n) is 3.23. The summed E-state index contributed by atoms with van der Waals surface area (Å²) in [7, 11) is 0. The third-order valence-corrected chi connectivity index (χ3v) is 5.96. The summed E-state index contributed by atoms with van der Waals surface area (Å²) < 4.78 is 0. The van der Waals surface area contributed by atoms with Gasteiger partial charge in [0.05, 0.1) is 0 Å². The van der Waals surface area contributed by atoms with Gasteiger partial charge in [-0.05, 0) is 17.2 Å². The number of thioether (sulfide) groups is 1. The lowest BCUT2D eigenvalue weighted by atomic mass is 9.97. The van der Waals surface area contributed by atoms with Crippen molar-refractivity contribution in [1.29, 1.82) is 0 Å². The van der Waals surface area contributed by atoms with Gasteiger partial charge in [0, 0.05) is 23.2 Å². The summed E-state index contributed by atoms with van der Waals surface area (Å²) in [4.78, 5) is 12.4. The van der Waals surface area contributed by atoms with E-state index in [-0.39, 0.29) is 23.6 Å². The number of benzene rings is 2. The number of urea groups is 1. The normalized spacial score (nSPS) is 25.6. The first-order chi connectivity index (χ1) is 12.2. The molecule has 2 aromatic carbocycles. The van der Waals surface area contributed by atoms with Gasteiger partial charge >= 0.3 is 6.03 Å². The maximum absolute atomic E-state index is 12.4. The number of halogens is 1. The third-order valence-electron chi connectivity index (χ3n) is 4.53. The van der Waals surface area contributed by atoms with Crippen molar-refractivity contribution in [2.45, 2.75) is 23.3 Å². The highest BCUT2D eigenvalue weighted by molar-refractivity contribution is 7.99. The van der Waals surface area contributed by atoms with Crippen LogP contribution in [0.4, 0.5) is 4.79 Å². The van der Waals surface area contributed by atoms with Crippen LogP contribution in [-0.2, 0) is 5.75 Å². The summed E-state index contributed by atoms with van der Waals surface area (Å²) >= 11 is 7.86. The van der Waals surface area contributed by atoms with E-state index < -0.39 is 0 Å². The van der Waals surface area contributed by atoms with Gasteiger partial charge in [0.15, 0.2) is 0 Å². The Balaban J connectivity index is 1.46. The average Bonchev–Trinajstić information content (AvgIpc) is 3.06. The Labute approximate surface area is 156 Å². The van der Waals surface area contributed by atoms with Crippen molar-refractivity contribution < 1.29 is 4.79 Å². The van der Waals surface area contributed by atoms with Gasteiger partial charge in [0.1, 0.15) is 11.7 Å². The zero-order valence-corrected chi connectivity index (χ0v) is 15.1. The molecule has 130 valence electrons. The van der Waals surface area contributed by atoms with Gasteiger partial charge < -0.3 is 5.32 Å². The molecule has 2 aliphatic rings. The first-order valence-electron chi connectivity index (χ1n) is 8.21. The zero-order valence-electron chi connectivity index (χ0n) is 13.5. The number of hydrazine groups is 1. The van der Waals surface area contributed by atoms with E-state index >= 15 is 0 Å². The van der Waals surface area contributed by atoms with Crippen LogP contribution in [-0.4, -0.2) is 29.2 Å². The summed E-state index contributed by atoms with van der Waals surface area (Å²) in [6, 6.07) is 18.0. The van der Waals surface area contributed by atoms with E-state index in [1.807, 2.05) is 42.5 Å². The first-order valence-corrected chi connectivity index (χ1v) is 9.64. The second-order valence-electron chi connectivity index (χ2n) is 6.09. The van der Waals surface area contributed by atoms with E-state index in [0.29, 0.717) is 0 Å². The van der Waals surface area contributed by atoms with Crippen LogP contribution >= 0.6 is 23.4 Å². The molecule has 0 radical (unpaired) electrons. The lowest BCUT2D eigenvalue weighted by Crippen LogP contribution is -2.65. The number of hydrogen-bond acceptors (Lipinski definition) is 4. The lowest BCUT2D eigenvalue weighted by Gasteiger charge is -2.37. The third kappa shape index (κ3) is 3.48. The average molecular weight is 375 g/mol. The Morgan fingerprint density at radius 1 is 1.12 bits per heavy atom. The van der Waals surface area contributed by atoms with Crippen molar-refractivity contribution in [1.82, 2.24) is 21.1 Å². The second kappa shape index (κ2) is 7.25. The molecule has 25 heavy (non-hydrogen) atoms. The molecule has 2 aromatic rings. The SMILES string of the molecule is O=C1NC(SCc2ccccc2Cl)NC2C(c3ccccc3)CNN12. The Kier molecular flexibility index (Phi) is 4.85. The van der Waals surface area contributed by atoms with Gasteiger partial charge in [-0.15, -0.1) is 11.8 Å². The highest BCUT2D eigenvalue weighted by atomic mass is 35.5. The van der Waals surface area contributed by atoms with Gasteiger partial charge in [-0.2, -0.15) is 0 Å². The van der Waals surface area contributed by atoms with Gasteiger partial charge in [-0.25, -0.2) is 15.2 Å². The molecule has 0 aliphatic carbocycles. The fraction of sp³-hybridized carbons (Fsp3) is 0.278. The fourth-order valence-corrected chi connectivity index (χ4v) is 4.53. The van der Waals surface area contributed by atoms with Crippen LogP contribution in [0.15, 0.2) is 54.6 Å². The monoisotopic (exact) mass is 374 g/mol. The molecule has 2 saturated heterocycles. The summed E-state index contributed by atoms with van der Waals surface area (Å²) in [5.74, 6) is 0.948. The van der Waals surface area contributed by atoms with E-state index in [4.69, 9.17) is 11.6 Å². The molecule has 0 bridgehead atoms. The molecule has 0 saturated carbocycles. The molecular weight excluding hydrogens is 356 g/mol. The molecule has 2 fully saturated rings. The minimum absolute atomic E-state index is 0.0695. The number of nitrogens with one attached hydrogen (secondary N) is 3. The molecule has 2 amide bonds. The quantitative estimate of drug-likeness (QED) is 0.769. The molecular formula is C18H19ClN4OS. The molecule has 7 heteroatoms.